The Kier molecular flexibility index (Phi) is 4.31. The number of hydrogen-bond donors (Lipinski definition) is 1. The van der Waals surface area contributed by atoms with Gasteiger partial charge in [-0.3, -0.25) is 4.98 Å². The average molecular weight is 234 g/mol. The van der Waals surface area contributed by atoms with Gasteiger partial charge in [-0.2, -0.15) is 0 Å². The van der Waals surface area contributed by atoms with E-state index in [2.05, 4.69) is 34.0 Å². The largest absolute Gasteiger partial charge is 0.355 e. The van der Waals surface area contributed by atoms with E-state index >= 15 is 0 Å². The van der Waals surface area contributed by atoms with Crippen LogP contribution in [0.3, 0.4) is 0 Å². The van der Waals surface area contributed by atoms with Crippen molar-refractivity contribution in [2.45, 2.75) is 33.2 Å². The molecule has 0 amide bonds. The lowest BCUT2D eigenvalue weighted by molar-refractivity contribution is 0.656. The molecule has 17 heavy (non-hydrogen) atoms. The van der Waals surface area contributed by atoms with Crippen molar-refractivity contribution in [1.29, 1.82) is 0 Å². The summed E-state index contributed by atoms with van der Waals surface area (Å²) in [6.45, 7) is 8.53. The molecule has 1 N–H and O–H groups in total. The average Bonchev–Trinajstić information content (AvgIpc) is 2.77. The van der Waals surface area contributed by atoms with E-state index in [1.54, 1.807) is 0 Å². The Balaban J connectivity index is 1.89. The molecule has 1 saturated heterocycles. The van der Waals surface area contributed by atoms with Crippen LogP contribution in [0.1, 0.15) is 32.4 Å². The van der Waals surface area contributed by atoms with Gasteiger partial charge in [0.2, 0.25) is 0 Å². The molecule has 0 bridgehead atoms. The lowest BCUT2D eigenvalue weighted by Gasteiger charge is -2.16. The number of nitrogens with one attached hydrogen (secondary N) is 1. The number of rotatable bonds is 5. The molecule has 1 unspecified atom stereocenters. The van der Waals surface area contributed by atoms with Gasteiger partial charge >= 0.3 is 0 Å². The van der Waals surface area contributed by atoms with E-state index < -0.39 is 0 Å². The first-order valence-corrected chi connectivity index (χ1v) is 6.56. The van der Waals surface area contributed by atoms with Crippen LogP contribution in [0.25, 0.3) is 0 Å². The number of aromatic nitrogens is 2. The van der Waals surface area contributed by atoms with E-state index in [4.69, 9.17) is 0 Å². The lowest BCUT2D eigenvalue weighted by Crippen LogP contribution is -2.21. The first kappa shape index (κ1) is 12.3. The molecular formula is C13H22N4. The maximum absolute atomic E-state index is 4.50. The molecule has 1 fully saturated rings. The molecule has 0 saturated carbocycles. The highest BCUT2D eigenvalue weighted by Crippen LogP contribution is 2.20. The van der Waals surface area contributed by atoms with Gasteiger partial charge in [-0.05, 0) is 25.3 Å². The highest BCUT2D eigenvalue weighted by atomic mass is 15.2. The molecule has 2 rings (SSSR count). The zero-order valence-electron chi connectivity index (χ0n) is 10.8. The quantitative estimate of drug-likeness (QED) is 0.789. The van der Waals surface area contributed by atoms with Crippen molar-refractivity contribution >= 4 is 5.82 Å². The third kappa shape index (κ3) is 3.40. The van der Waals surface area contributed by atoms with Crippen molar-refractivity contribution in [2.75, 3.05) is 24.5 Å². The first-order valence-electron chi connectivity index (χ1n) is 6.56. The van der Waals surface area contributed by atoms with Crippen molar-refractivity contribution in [2.24, 2.45) is 5.92 Å². The van der Waals surface area contributed by atoms with Gasteiger partial charge in [0.15, 0.2) is 0 Å². The molecule has 2 heterocycles. The van der Waals surface area contributed by atoms with Crippen LogP contribution < -0.4 is 10.2 Å². The molecule has 1 aliphatic rings. The van der Waals surface area contributed by atoms with Gasteiger partial charge in [0.25, 0.3) is 0 Å². The van der Waals surface area contributed by atoms with Crippen LogP contribution in [0.5, 0.6) is 0 Å². The second-order valence-corrected chi connectivity index (χ2v) is 4.88. The molecule has 94 valence electrons. The van der Waals surface area contributed by atoms with Gasteiger partial charge < -0.3 is 10.2 Å². The monoisotopic (exact) mass is 234 g/mol. The molecule has 4 nitrogen and oxygen atoms in total. The Morgan fingerprint density at radius 1 is 1.41 bits per heavy atom. The van der Waals surface area contributed by atoms with Crippen LogP contribution in [0, 0.1) is 5.92 Å². The number of hydrogen-bond acceptors (Lipinski definition) is 4. The molecule has 4 heteroatoms. The van der Waals surface area contributed by atoms with E-state index in [0.29, 0.717) is 0 Å². The fourth-order valence-corrected chi connectivity index (χ4v) is 2.14. The number of anilines is 1. The summed E-state index contributed by atoms with van der Waals surface area (Å²) >= 11 is 0. The smallest absolute Gasteiger partial charge is 0.147 e. The lowest BCUT2D eigenvalue weighted by atomic mass is 10.2. The summed E-state index contributed by atoms with van der Waals surface area (Å²) < 4.78 is 0. The second-order valence-electron chi connectivity index (χ2n) is 4.88. The molecular weight excluding hydrogens is 212 g/mol. The van der Waals surface area contributed by atoms with Crippen molar-refractivity contribution < 1.29 is 0 Å². The summed E-state index contributed by atoms with van der Waals surface area (Å²) in [6, 6.07) is 0. The van der Waals surface area contributed by atoms with Crippen LogP contribution in [0.15, 0.2) is 12.4 Å². The molecule has 0 spiro atoms. The van der Waals surface area contributed by atoms with Gasteiger partial charge in [-0.25, -0.2) is 4.98 Å². The topological polar surface area (TPSA) is 41.1 Å². The van der Waals surface area contributed by atoms with Crippen molar-refractivity contribution in [3.8, 4) is 0 Å². The maximum Gasteiger partial charge on any atom is 0.147 e. The zero-order valence-corrected chi connectivity index (χ0v) is 10.8. The van der Waals surface area contributed by atoms with Crippen molar-refractivity contribution in [3.63, 3.8) is 0 Å². The summed E-state index contributed by atoms with van der Waals surface area (Å²) in [5.74, 6) is 1.80. The van der Waals surface area contributed by atoms with E-state index in [1.807, 2.05) is 12.4 Å². The van der Waals surface area contributed by atoms with Gasteiger partial charge in [0, 0.05) is 19.6 Å². The standard InChI is InChI=1S/C13H22N4/c1-3-5-14-7-12-8-16-13(9-15-12)17-6-4-11(2)10-17/h8-9,11,14H,3-7,10H2,1-2H3. The van der Waals surface area contributed by atoms with Crippen molar-refractivity contribution in [1.82, 2.24) is 15.3 Å². The fourth-order valence-electron chi connectivity index (χ4n) is 2.14. The Labute approximate surface area is 103 Å². The van der Waals surface area contributed by atoms with Crippen LogP contribution in [-0.2, 0) is 6.54 Å². The SMILES string of the molecule is CCCNCc1cnc(N2CCC(C)C2)cn1. The van der Waals surface area contributed by atoms with E-state index in [9.17, 15) is 0 Å². The van der Waals surface area contributed by atoms with E-state index in [1.165, 1.54) is 6.42 Å². The maximum atomic E-state index is 4.50. The van der Waals surface area contributed by atoms with Gasteiger partial charge in [-0.15, -0.1) is 0 Å². The number of nitrogens with zero attached hydrogens (tertiary/aromatic N) is 3. The molecule has 0 aliphatic carbocycles. The van der Waals surface area contributed by atoms with Crippen LogP contribution in [0.2, 0.25) is 0 Å². The summed E-state index contributed by atoms with van der Waals surface area (Å²) in [7, 11) is 0. The normalized spacial score (nSPS) is 19.9. The first-order chi connectivity index (χ1) is 8.29. The summed E-state index contributed by atoms with van der Waals surface area (Å²) in [4.78, 5) is 11.3. The second kappa shape index (κ2) is 5.96. The molecule has 0 aromatic carbocycles. The Morgan fingerprint density at radius 3 is 2.88 bits per heavy atom. The van der Waals surface area contributed by atoms with Gasteiger partial charge in [0.05, 0.1) is 18.1 Å². The molecule has 1 aliphatic heterocycles. The minimum atomic E-state index is 0.780. The van der Waals surface area contributed by atoms with Crippen LogP contribution in [-0.4, -0.2) is 29.6 Å². The van der Waals surface area contributed by atoms with Crippen molar-refractivity contribution in [3.05, 3.63) is 18.1 Å². The predicted molar refractivity (Wildman–Crippen MR) is 70.0 cm³/mol. The minimum absolute atomic E-state index is 0.780. The summed E-state index contributed by atoms with van der Waals surface area (Å²) in [5.41, 5.74) is 1.02. The van der Waals surface area contributed by atoms with E-state index in [0.717, 1.165) is 50.0 Å². The van der Waals surface area contributed by atoms with Crippen LogP contribution in [0.4, 0.5) is 5.82 Å². The van der Waals surface area contributed by atoms with Gasteiger partial charge in [-0.1, -0.05) is 13.8 Å². The highest BCUT2D eigenvalue weighted by Gasteiger charge is 2.19. The molecule has 1 atom stereocenters. The fraction of sp³-hybridized carbons (Fsp3) is 0.692. The molecule has 1 aromatic heterocycles. The summed E-state index contributed by atoms with van der Waals surface area (Å²) in [5, 5.41) is 3.33. The van der Waals surface area contributed by atoms with Gasteiger partial charge in [0.1, 0.15) is 5.82 Å². The minimum Gasteiger partial charge on any atom is -0.355 e. The third-order valence-electron chi connectivity index (χ3n) is 3.17. The third-order valence-corrected chi connectivity index (χ3v) is 3.17. The Hall–Kier alpha value is -1.16. The Morgan fingerprint density at radius 2 is 2.29 bits per heavy atom. The van der Waals surface area contributed by atoms with E-state index in [-0.39, 0.29) is 0 Å². The van der Waals surface area contributed by atoms with Crippen LogP contribution >= 0.6 is 0 Å². The molecule has 1 aromatic rings. The Bertz CT molecular complexity index is 336. The summed E-state index contributed by atoms with van der Waals surface area (Å²) in [6.07, 6.45) is 6.21. The highest BCUT2D eigenvalue weighted by molar-refractivity contribution is 5.37. The zero-order chi connectivity index (χ0) is 12.1. The molecule has 0 radical (unpaired) electrons. The predicted octanol–water partition coefficient (Wildman–Crippen LogP) is 1.82.